The second-order valence-corrected chi connectivity index (χ2v) is 5.21. The maximum Gasteiger partial charge on any atom is 0.410 e. The molecule has 1 aromatic rings. The molecule has 3 nitrogen and oxygen atoms in total. The van der Waals surface area contributed by atoms with Crippen molar-refractivity contribution in [2.75, 3.05) is 0 Å². The Kier molecular flexibility index (Phi) is 2.81. The number of fused-ring (bicyclic) bond motifs is 1. The SMILES string of the molecule is CC(C)(C)OC(=O)N1Cc2cccc(F)c2C1. The minimum atomic E-state index is -0.523. The molecule has 0 saturated carbocycles. The molecule has 1 aromatic carbocycles. The van der Waals surface area contributed by atoms with Gasteiger partial charge in [-0.2, -0.15) is 0 Å². The molecular weight excluding hydrogens is 221 g/mol. The van der Waals surface area contributed by atoms with Gasteiger partial charge in [0.2, 0.25) is 0 Å². The van der Waals surface area contributed by atoms with Gasteiger partial charge < -0.3 is 4.74 Å². The zero-order valence-corrected chi connectivity index (χ0v) is 10.3. The van der Waals surface area contributed by atoms with Crippen LogP contribution in [0.3, 0.4) is 0 Å². The molecule has 0 fully saturated rings. The van der Waals surface area contributed by atoms with Crippen LogP contribution in [-0.4, -0.2) is 16.6 Å². The lowest BCUT2D eigenvalue weighted by atomic mass is 10.1. The zero-order valence-electron chi connectivity index (χ0n) is 10.3. The summed E-state index contributed by atoms with van der Waals surface area (Å²) in [5.41, 5.74) is 0.930. The van der Waals surface area contributed by atoms with Gasteiger partial charge in [0.15, 0.2) is 0 Å². The van der Waals surface area contributed by atoms with Gasteiger partial charge in [0, 0.05) is 12.1 Å². The third-order valence-electron chi connectivity index (χ3n) is 2.58. The van der Waals surface area contributed by atoms with Crippen molar-refractivity contribution in [1.82, 2.24) is 4.90 Å². The molecule has 0 radical (unpaired) electrons. The Morgan fingerprint density at radius 1 is 1.35 bits per heavy atom. The number of benzene rings is 1. The average Bonchev–Trinajstić information content (AvgIpc) is 2.60. The quantitative estimate of drug-likeness (QED) is 0.694. The summed E-state index contributed by atoms with van der Waals surface area (Å²) in [6.07, 6.45) is -0.395. The van der Waals surface area contributed by atoms with Crippen molar-refractivity contribution in [3.63, 3.8) is 0 Å². The third kappa shape index (κ3) is 2.57. The highest BCUT2D eigenvalue weighted by atomic mass is 19.1. The molecule has 4 heteroatoms. The first-order valence-electron chi connectivity index (χ1n) is 5.61. The van der Waals surface area contributed by atoms with Gasteiger partial charge in [0.25, 0.3) is 0 Å². The lowest BCUT2D eigenvalue weighted by Crippen LogP contribution is -2.33. The molecule has 0 aromatic heterocycles. The van der Waals surface area contributed by atoms with Crippen LogP contribution in [0.2, 0.25) is 0 Å². The standard InChI is InChI=1S/C13H16FNO2/c1-13(2,3)17-12(16)15-7-9-5-4-6-11(14)10(9)8-15/h4-6H,7-8H2,1-3H3. The van der Waals surface area contributed by atoms with Crippen molar-refractivity contribution in [3.8, 4) is 0 Å². The van der Waals surface area contributed by atoms with Crippen LogP contribution in [0.1, 0.15) is 31.9 Å². The maximum absolute atomic E-state index is 13.5. The van der Waals surface area contributed by atoms with Crippen LogP contribution >= 0.6 is 0 Å². The van der Waals surface area contributed by atoms with Gasteiger partial charge >= 0.3 is 6.09 Å². The van der Waals surface area contributed by atoms with Crippen molar-refractivity contribution in [2.24, 2.45) is 0 Å². The highest BCUT2D eigenvalue weighted by Gasteiger charge is 2.29. The minimum Gasteiger partial charge on any atom is -0.444 e. The fraction of sp³-hybridized carbons (Fsp3) is 0.462. The second kappa shape index (κ2) is 4.02. The molecule has 1 heterocycles. The van der Waals surface area contributed by atoms with Crippen molar-refractivity contribution < 1.29 is 13.9 Å². The van der Waals surface area contributed by atoms with E-state index in [0.717, 1.165) is 5.56 Å². The van der Waals surface area contributed by atoms with Crippen LogP contribution in [0.4, 0.5) is 9.18 Å². The Hall–Kier alpha value is -1.58. The van der Waals surface area contributed by atoms with Crippen molar-refractivity contribution in [3.05, 3.63) is 35.1 Å². The van der Waals surface area contributed by atoms with Gasteiger partial charge in [-0.05, 0) is 32.4 Å². The molecule has 1 aliphatic rings. The fourth-order valence-corrected chi connectivity index (χ4v) is 1.84. The molecule has 1 amide bonds. The summed E-state index contributed by atoms with van der Waals surface area (Å²) >= 11 is 0. The predicted molar refractivity (Wildman–Crippen MR) is 61.9 cm³/mol. The van der Waals surface area contributed by atoms with Crippen molar-refractivity contribution in [1.29, 1.82) is 0 Å². The van der Waals surface area contributed by atoms with Crippen LogP contribution in [0.15, 0.2) is 18.2 Å². The lowest BCUT2D eigenvalue weighted by molar-refractivity contribution is 0.0241. The molecule has 0 aliphatic carbocycles. The zero-order chi connectivity index (χ0) is 12.6. The van der Waals surface area contributed by atoms with E-state index in [2.05, 4.69) is 0 Å². The smallest absolute Gasteiger partial charge is 0.410 e. The first kappa shape index (κ1) is 11.9. The molecule has 0 unspecified atom stereocenters. The summed E-state index contributed by atoms with van der Waals surface area (Å²) in [6.45, 7) is 6.15. The summed E-state index contributed by atoms with van der Waals surface area (Å²) in [4.78, 5) is 13.3. The fourth-order valence-electron chi connectivity index (χ4n) is 1.84. The predicted octanol–water partition coefficient (Wildman–Crippen LogP) is 3.08. The van der Waals surface area contributed by atoms with E-state index >= 15 is 0 Å². The van der Waals surface area contributed by atoms with Gasteiger partial charge in [0.05, 0.1) is 6.54 Å². The highest BCUT2D eigenvalue weighted by Crippen LogP contribution is 2.26. The number of halogens is 1. The average molecular weight is 237 g/mol. The Labute approximate surface area is 100 Å². The molecule has 2 rings (SSSR count). The maximum atomic E-state index is 13.5. The van der Waals surface area contributed by atoms with Crippen LogP contribution in [0.5, 0.6) is 0 Å². The van der Waals surface area contributed by atoms with E-state index in [1.54, 1.807) is 6.07 Å². The number of nitrogens with zero attached hydrogens (tertiary/aromatic N) is 1. The summed E-state index contributed by atoms with van der Waals surface area (Å²) in [6, 6.07) is 4.91. The number of amides is 1. The molecule has 0 bridgehead atoms. The molecule has 17 heavy (non-hydrogen) atoms. The number of carbonyl (C=O) groups is 1. The number of hydrogen-bond donors (Lipinski definition) is 0. The number of carbonyl (C=O) groups excluding carboxylic acids is 1. The number of rotatable bonds is 0. The lowest BCUT2D eigenvalue weighted by Gasteiger charge is -2.24. The van der Waals surface area contributed by atoms with E-state index < -0.39 is 11.7 Å². The second-order valence-electron chi connectivity index (χ2n) is 5.21. The number of hydrogen-bond acceptors (Lipinski definition) is 2. The molecule has 0 saturated heterocycles. The van der Waals surface area contributed by atoms with E-state index in [1.807, 2.05) is 26.8 Å². The topological polar surface area (TPSA) is 29.5 Å². The third-order valence-corrected chi connectivity index (χ3v) is 2.58. The Balaban J connectivity index is 2.10. The summed E-state index contributed by atoms with van der Waals surface area (Å²) < 4.78 is 18.7. The first-order chi connectivity index (χ1) is 7.87. The van der Waals surface area contributed by atoms with Crippen LogP contribution in [0, 0.1) is 5.82 Å². The van der Waals surface area contributed by atoms with E-state index in [0.29, 0.717) is 12.1 Å². The first-order valence-corrected chi connectivity index (χ1v) is 5.61. The van der Waals surface area contributed by atoms with E-state index in [-0.39, 0.29) is 12.4 Å². The van der Waals surface area contributed by atoms with Crippen molar-refractivity contribution >= 4 is 6.09 Å². The largest absolute Gasteiger partial charge is 0.444 e. The summed E-state index contributed by atoms with van der Waals surface area (Å²) in [5.74, 6) is -0.256. The van der Waals surface area contributed by atoms with E-state index in [1.165, 1.54) is 11.0 Å². The molecule has 0 N–H and O–H groups in total. The van der Waals surface area contributed by atoms with Gasteiger partial charge in [-0.25, -0.2) is 9.18 Å². The molecular formula is C13H16FNO2. The molecule has 0 spiro atoms. The molecule has 0 atom stereocenters. The van der Waals surface area contributed by atoms with Gasteiger partial charge in [-0.1, -0.05) is 12.1 Å². The van der Waals surface area contributed by atoms with Gasteiger partial charge in [0.1, 0.15) is 11.4 Å². The monoisotopic (exact) mass is 237 g/mol. The summed E-state index contributed by atoms with van der Waals surface area (Å²) in [7, 11) is 0. The van der Waals surface area contributed by atoms with Crippen LogP contribution < -0.4 is 0 Å². The number of ether oxygens (including phenoxy) is 1. The Bertz CT molecular complexity index is 451. The summed E-state index contributed by atoms with van der Waals surface area (Å²) in [5, 5.41) is 0. The van der Waals surface area contributed by atoms with E-state index in [9.17, 15) is 9.18 Å². The minimum absolute atomic E-state index is 0.256. The van der Waals surface area contributed by atoms with Crippen LogP contribution in [0.25, 0.3) is 0 Å². The Morgan fingerprint density at radius 3 is 2.65 bits per heavy atom. The van der Waals surface area contributed by atoms with Gasteiger partial charge in [-0.3, -0.25) is 4.90 Å². The van der Waals surface area contributed by atoms with Gasteiger partial charge in [-0.15, -0.1) is 0 Å². The Morgan fingerprint density at radius 2 is 2.06 bits per heavy atom. The van der Waals surface area contributed by atoms with Crippen molar-refractivity contribution in [2.45, 2.75) is 39.5 Å². The molecule has 92 valence electrons. The van der Waals surface area contributed by atoms with Crippen LogP contribution in [-0.2, 0) is 17.8 Å². The normalized spacial score (nSPS) is 14.7. The highest BCUT2D eigenvalue weighted by molar-refractivity contribution is 5.69. The van der Waals surface area contributed by atoms with E-state index in [4.69, 9.17) is 4.74 Å². The molecule has 1 aliphatic heterocycles.